The van der Waals surface area contributed by atoms with Gasteiger partial charge >= 0.3 is 0 Å². The van der Waals surface area contributed by atoms with Gasteiger partial charge < -0.3 is 20.4 Å². The maximum atomic E-state index is 13.2. The largest absolute Gasteiger partial charge is 0.379 e. The van der Waals surface area contributed by atoms with E-state index in [2.05, 4.69) is 41.4 Å². The fourth-order valence-electron chi connectivity index (χ4n) is 2.83. The number of fused-ring (bicyclic) bond motifs is 1. The van der Waals surface area contributed by atoms with Crippen molar-refractivity contribution in [3.63, 3.8) is 0 Å². The first kappa shape index (κ1) is 19.2. The Kier molecular flexibility index (Phi) is 6.42. The Labute approximate surface area is 149 Å². The zero-order valence-electron chi connectivity index (χ0n) is 15.7. The van der Waals surface area contributed by atoms with Crippen LogP contribution < -0.4 is 10.6 Å². The van der Waals surface area contributed by atoms with E-state index >= 15 is 0 Å². The summed E-state index contributed by atoms with van der Waals surface area (Å²) in [6.45, 7) is 7.87. The van der Waals surface area contributed by atoms with Crippen LogP contribution in [0.3, 0.4) is 0 Å². The number of rotatable bonds is 6. The number of halogens is 1. The molecule has 0 amide bonds. The van der Waals surface area contributed by atoms with Gasteiger partial charge in [-0.2, -0.15) is 0 Å². The number of H-pyrrole nitrogens is 1. The van der Waals surface area contributed by atoms with E-state index < -0.39 is 0 Å². The molecule has 1 unspecified atom stereocenters. The topological polar surface area (TPSA) is 61.4 Å². The molecule has 0 aliphatic heterocycles. The van der Waals surface area contributed by atoms with Gasteiger partial charge in [-0.05, 0) is 35.6 Å². The molecular weight excluding hydrogens is 319 g/mol. The summed E-state index contributed by atoms with van der Waals surface area (Å²) in [6, 6.07) is 4.82. The number of benzene rings is 1. The molecule has 6 heteroatoms. The molecule has 0 aliphatic carbocycles. The van der Waals surface area contributed by atoms with Crippen molar-refractivity contribution in [2.75, 3.05) is 27.2 Å². The average molecular weight is 348 g/mol. The van der Waals surface area contributed by atoms with Gasteiger partial charge in [0.15, 0.2) is 5.96 Å². The third-order valence-electron chi connectivity index (χ3n) is 4.35. The number of hydrogen-bond acceptors (Lipinski definition) is 2. The summed E-state index contributed by atoms with van der Waals surface area (Å²) in [4.78, 5) is 7.37. The highest BCUT2D eigenvalue weighted by Crippen LogP contribution is 2.21. The van der Waals surface area contributed by atoms with E-state index in [-0.39, 0.29) is 17.3 Å². The quantitative estimate of drug-likeness (QED) is 0.555. The Morgan fingerprint density at radius 1 is 1.32 bits per heavy atom. The molecule has 1 heterocycles. The highest BCUT2D eigenvalue weighted by Gasteiger charge is 2.24. The molecule has 3 N–H and O–H groups in total. The van der Waals surface area contributed by atoms with Gasteiger partial charge in [0.2, 0.25) is 0 Å². The Bertz CT molecular complexity index is 718. The van der Waals surface area contributed by atoms with E-state index in [0.717, 1.165) is 35.4 Å². The smallest absolute Gasteiger partial charge is 0.191 e. The van der Waals surface area contributed by atoms with Gasteiger partial charge in [0.05, 0.1) is 6.10 Å². The van der Waals surface area contributed by atoms with Crippen LogP contribution in [0.25, 0.3) is 10.9 Å². The number of guanidine groups is 1. The molecule has 0 aliphatic rings. The van der Waals surface area contributed by atoms with Crippen LogP contribution in [0.2, 0.25) is 0 Å². The van der Waals surface area contributed by atoms with Crippen LogP contribution in [-0.2, 0) is 11.2 Å². The van der Waals surface area contributed by atoms with E-state index in [1.165, 1.54) is 12.1 Å². The van der Waals surface area contributed by atoms with Crippen LogP contribution in [0, 0.1) is 11.2 Å². The lowest BCUT2D eigenvalue weighted by Gasteiger charge is -2.30. The molecule has 0 saturated heterocycles. The van der Waals surface area contributed by atoms with E-state index in [4.69, 9.17) is 4.74 Å². The number of hydrogen-bond donors (Lipinski definition) is 3. The fraction of sp³-hybridized carbons (Fsp3) is 0.526. The summed E-state index contributed by atoms with van der Waals surface area (Å²) in [5, 5.41) is 7.67. The first-order chi connectivity index (χ1) is 11.8. The van der Waals surface area contributed by atoms with Gasteiger partial charge in [0, 0.05) is 44.3 Å². The molecular formula is C19H29FN4O. The van der Waals surface area contributed by atoms with Crippen molar-refractivity contribution < 1.29 is 9.13 Å². The number of ether oxygens (including phenoxy) is 1. The third kappa shape index (κ3) is 5.19. The summed E-state index contributed by atoms with van der Waals surface area (Å²) in [6.07, 6.45) is 2.84. The second kappa shape index (κ2) is 8.34. The molecule has 0 bridgehead atoms. The Morgan fingerprint density at radius 2 is 2.08 bits per heavy atom. The summed E-state index contributed by atoms with van der Waals surface area (Å²) >= 11 is 0. The van der Waals surface area contributed by atoms with Gasteiger partial charge in [-0.25, -0.2) is 4.39 Å². The number of aromatic amines is 1. The normalized spacial score (nSPS) is 13.9. The predicted octanol–water partition coefficient (Wildman–Crippen LogP) is 3.08. The number of nitrogens with one attached hydrogen (secondary N) is 3. The van der Waals surface area contributed by atoms with Crippen LogP contribution in [0.15, 0.2) is 29.4 Å². The maximum absolute atomic E-state index is 13.2. The maximum Gasteiger partial charge on any atom is 0.191 e. The molecule has 0 fully saturated rings. The molecule has 1 aromatic heterocycles. The Morgan fingerprint density at radius 3 is 2.72 bits per heavy atom. The van der Waals surface area contributed by atoms with Gasteiger partial charge in [-0.15, -0.1) is 0 Å². The number of aliphatic imine (C=N–C) groups is 1. The number of nitrogens with zero attached hydrogens (tertiary/aromatic N) is 1. The van der Waals surface area contributed by atoms with Gasteiger partial charge in [0.1, 0.15) is 5.82 Å². The van der Waals surface area contributed by atoms with Crippen molar-refractivity contribution in [3.05, 3.63) is 35.8 Å². The molecule has 1 atom stereocenters. The Balaban J connectivity index is 1.86. The van der Waals surface area contributed by atoms with Gasteiger partial charge in [-0.1, -0.05) is 20.8 Å². The highest BCUT2D eigenvalue weighted by molar-refractivity contribution is 5.83. The number of aromatic nitrogens is 1. The standard InChI is InChI=1S/C19H29FN4O/c1-19(2,3)17(25-5)12-24-18(21-4)22-9-8-13-11-23-16-10-14(20)6-7-15(13)16/h6-7,10-11,17,23H,8-9,12H2,1-5H3,(H2,21,22,24). The summed E-state index contributed by atoms with van der Waals surface area (Å²) in [5.74, 6) is 0.521. The molecule has 2 rings (SSSR count). The highest BCUT2D eigenvalue weighted by atomic mass is 19.1. The van der Waals surface area contributed by atoms with Crippen molar-refractivity contribution in [1.82, 2.24) is 15.6 Å². The minimum absolute atomic E-state index is 0.0555. The number of methoxy groups -OCH3 is 1. The van der Waals surface area contributed by atoms with Crippen LogP contribution in [0.5, 0.6) is 0 Å². The average Bonchev–Trinajstić information content (AvgIpc) is 2.94. The first-order valence-electron chi connectivity index (χ1n) is 8.58. The molecule has 0 saturated carbocycles. The molecule has 25 heavy (non-hydrogen) atoms. The zero-order valence-corrected chi connectivity index (χ0v) is 15.7. The second-order valence-corrected chi connectivity index (χ2v) is 7.22. The lowest BCUT2D eigenvalue weighted by atomic mass is 9.89. The Hall–Kier alpha value is -2.08. The van der Waals surface area contributed by atoms with E-state index in [9.17, 15) is 4.39 Å². The summed E-state index contributed by atoms with van der Waals surface area (Å²) in [5.41, 5.74) is 2.04. The van der Waals surface area contributed by atoms with Crippen molar-refractivity contribution in [1.29, 1.82) is 0 Å². The van der Waals surface area contributed by atoms with Crippen LogP contribution >= 0.6 is 0 Å². The lowest BCUT2D eigenvalue weighted by molar-refractivity contribution is 0.0205. The molecule has 2 aromatic rings. The molecule has 5 nitrogen and oxygen atoms in total. The van der Waals surface area contributed by atoms with Gasteiger partial charge in [0.25, 0.3) is 0 Å². The van der Waals surface area contributed by atoms with Crippen molar-refractivity contribution in [2.45, 2.75) is 33.3 Å². The van der Waals surface area contributed by atoms with Crippen LogP contribution in [-0.4, -0.2) is 44.3 Å². The molecule has 0 radical (unpaired) electrons. The van der Waals surface area contributed by atoms with E-state index in [1.54, 1.807) is 14.2 Å². The fourth-order valence-corrected chi connectivity index (χ4v) is 2.83. The predicted molar refractivity (Wildman–Crippen MR) is 102 cm³/mol. The van der Waals surface area contributed by atoms with Gasteiger partial charge in [-0.3, -0.25) is 4.99 Å². The lowest BCUT2D eigenvalue weighted by Crippen LogP contribution is -2.45. The third-order valence-corrected chi connectivity index (χ3v) is 4.35. The minimum atomic E-state index is -0.227. The molecule has 1 aromatic carbocycles. The monoisotopic (exact) mass is 348 g/mol. The van der Waals surface area contributed by atoms with Crippen molar-refractivity contribution >= 4 is 16.9 Å². The SMILES string of the molecule is CN=C(NCCc1c[nH]c2cc(F)ccc12)NCC(OC)C(C)(C)C. The van der Waals surface area contributed by atoms with Crippen molar-refractivity contribution in [2.24, 2.45) is 10.4 Å². The van der Waals surface area contributed by atoms with Crippen LogP contribution in [0.1, 0.15) is 26.3 Å². The second-order valence-electron chi connectivity index (χ2n) is 7.22. The molecule has 138 valence electrons. The zero-order chi connectivity index (χ0) is 18.4. The van der Waals surface area contributed by atoms with E-state index in [1.807, 2.05) is 12.3 Å². The van der Waals surface area contributed by atoms with E-state index in [0.29, 0.717) is 6.54 Å². The summed E-state index contributed by atoms with van der Waals surface area (Å²) < 4.78 is 18.8. The van der Waals surface area contributed by atoms with Crippen molar-refractivity contribution in [3.8, 4) is 0 Å². The molecule has 0 spiro atoms. The minimum Gasteiger partial charge on any atom is -0.379 e. The first-order valence-corrected chi connectivity index (χ1v) is 8.58. The summed E-state index contributed by atoms with van der Waals surface area (Å²) in [7, 11) is 3.48. The van der Waals surface area contributed by atoms with Crippen LogP contribution in [0.4, 0.5) is 4.39 Å².